The largest absolute Gasteiger partial charge is 0.507 e. The van der Waals surface area contributed by atoms with Gasteiger partial charge in [0.15, 0.2) is 11.6 Å². The van der Waals surface area contributed by atoms with Gasteiger partial charge in [-0.3, -0.25) is 15.1 Å². The Kier molecular flexibility index (Phi) is 5.14. The van der Waals surface area contributed by atoms with E-state index >= 15 is 0 Å². The highest BCUT2D eigenvalue weighted by Gasteiger charge is 2.24. The Balaban J connectivity index is 2.81. The standard InChI is InChI=1S/C16H14FN5O3/c1-19-9-4-5-10(23)14(15(24)22-16(18)20-2)13(9)8-6-12(17)21-7-11(8)25-3/h4-7,23H,2-3H3,(H3,18,20,22,24). The molecule has 0 aliphatic carbocycles. The van der Waals surface area contributed by atoms with E-state index in [1.54, 1.807) is 0 Å². The monoisotopic (exact) mass is 343 g/mol. The SMILES string of the molecule is [C-]#[N+]c1ccc(O)c(C(=O)NC(N)=NC)c1-c1cc(F)ncc1OC. The van der Waals surface area contributed by atoms with Crippen molar-refractivity contribution in [3.63, 3.8) is 0 Å². The normalized spacial score (nSPS) is 10.9. The molecule has 1 aromatic heterocycles. The number of methoxy groups -OCH3 is 1. The second-order valence-electron chi connectivity index (χ2n) is 4.74. The summed E-state index contributed by atoms with van der Waals surface area (Å²) in [6, 6.07) is 3.51. The number of guanidine groups is 1. The van der Waals surface area contributed by atoms with Gasteiger partial charge in [-0.2, -0.15) is 4.39 Å². The first kappa shape index (κ1) is 17.7. The molecule has 0 radical (unpaired) electrons. The Morgan fingerprint density at radius 1 is 1.52 bits per heavy atom. The van der Waals surface area contributed by atoms with E-state index in [-0.39, 0.29) is 34.1 Å². The number of rotatable bonds is 3. The molecule has 1 heterocycles. The van der Waals surface area contributed by atoms with Gasteiger partial charge < -0.3 is 15.6 Å². The predicted molar refractivity (Wildman–Crippen MR) is 89.1 cm³/mol. The van der Waals surface area contributed by atoms with Crippen LogP contribution in [0.15, 0.2) is 29.4 Å². The van der Waals surface area contributed by atoms with Gasteiger partial charge in [0, 0.05) is 24.2 Å². The lowest BCUT2D eigenvalue weighted by Gasteiger charge is -2.15. The number of pyridine rings is 1. The number of phenolic OH excluding ortho intramolecular Hbond substituents is 1. The zero-order chi connectivity index (χ0) is 18.6. The third-order valence-electron chi connectivity index (χ3n) is 3.31. The number of halogens is 1. The number of phenols is 1. The molecule has 0 bridgehead atoms. The first-order chi connectivity index (χ1) is 11.9. The Labute approximate surface area is 142 Å². The van der Waals surface area contributed by atoms with Crippen molar-refractivity contribution in [1.82, 2.24) is 10.3 Å². The van der Waals surface area contributed by atoms with Crippen LogP contribution in [0.25, 0.3) is 16.0 Å². The average molecular weight is 343 g/mol. The van der Waals surface area contributed by atoms with Gasteiger partial charge in [-0.05, 0) is 6.07 Å². The fourth-order valence-electron chi connectivity index (χ4n) is 2.19. The van der Waals surface area contributed by atoms with Crippen LogP contribution in [0.1, 0.15) is 10.4 Å². The third-order valence-corrected chi connectivity index (χ3v) is 3.31. The van der Waals surface area contributed by atoms with E-state index in [0.717, 1.165) is 12.3 Å². The second kappa shape index (κ2) is 7.27. The lowest BCUT2D eigenvalue weighted by Crippen LogP contribution is -2.36. The van der Waals surface area contributed by atoms with Crippen LogP contribution in [0.2, 0.25) is 0 Å². The molecule has 128 valence electrons. The van der Waals surface area contributed by atoms with E-state index in [2.05, 4.69) is 20.1 Å². The van der Waals surface area contributed by atoms with Crippen molar-refractivity contribution in [2.45, 2.75) is 0 Å². The van der Waals surface area contributed by atoms with Crippen LogP contribution in [0.5, 0.6) is 11.5 Å². The number of aromatic hydroxyl groups is 1. The van der Waals surface area contributed by atoms with Crippen molar-refractivity contribution >= 4 is 17.6 Å². The summed E-state index contributed by atoms with van der Waals surface area (Å²) in [5, 5.41) is 12.4. The van der Waals surface area contributed by atoms with Crippen LogP contribution in [-0.4, -0.2) is 36.1 Å². The van der Waals surface area contributed by atoms with Crippen molar-refractivity contribution < 1.29 is 19.0 Å². The summed E-state index contributed by atoms with van der Waals surface area (Å²) in [5.41, 5.74) is 5.32. The van der Waals surface area contributed by atoms with E-state index < -0.39 is 17.6 Å². The molecular formula is C16H14FN5O3. The van der Waals surface area contributed by atoms with Crippen molar-refractivity contribution in [1.29, 1.82) is 0 Å². The Hall–Kier alpha value is -3.67. The van der Waals surface area contributed by atoms with Crippen LogP contribution in [0, 0.1) is 12.5 Å². The zero-order valence-corrected chi connectivity index (χ0v) is 13.4. The number of hydrogen-bond donors (Lipinski definition) is 3. The van der Waals surface area contributed by atoms with Gasteiger partial charge in [0.1, 0.15) is 11.5 Å². The number of nitrogens with one attached hydrogen (secondary N) is 1. The molecule has 25 heavy (non-hydrogen) atoms. The minimum atomic E-state index is -0.837. The summed E-state index contributed by atoms with van der Waals surface area (Å²) in [6.07, 6.45) is 1.12. The van der Waals surface area contributed by atoms with E-state index in [4.69, 9.17) is 17.0 Å². The fraction of sp³-hybridized carbons (Fsp3) is 0.125. The highest BCUT2D eigenvalue weighted by Crippen LogP contribution is 2.42. The highest BCUT2D eigenvalue weighted by atomic mass is 19.1. The lowest BCUT2D eigenvalue weighted by molar-refractivity contribution is 0.0974. The van der Waals surface area contributed by atoms with Crippen molar-refractivity contribution in [2.24, 2.45) is 10.7 Å². The summed E-state index contributed by atoms with van der Waals surface area (Å²) >= 11 is 0. The number of aliphatic imine (C=N–C) groups is 1. The predicted octanol–water partition coefficient (Wildman–Crippen LogP) is 1.83. The maximum Gasteiger partial charge on any atom is 0.261 e. The number of carbonyl (C=O) groups excluding carboxylic acids is 1. The molecule has 0 aliphatic heterocycles. The molecular weight excluding hydrogens is 329 g/mol. The van der Waals surface area contributed by atoms with Gasteiger partial charge in [-0.15, -0.1) is 0 Å². The molecule has 0 spiro atoms. The minimum absolute atomic E-state index is 0.00504. The molecule has 0 unspecified atom stereocenters. The maximum absolute atomic E-state index is 13.7. The minimum Gasteiger partial charge on any atom is -0.507 e. The molecule has 0 atom stereocenters. The summed E-state index contributed by atoms with van der Waals surface area (Å²) in [6.45, 7) is 7.31. The van der Waals surface area contributed by atoms with Crippen LogP contribution in [0.4, 0.5) is 10.1 Å². The molecule has 1 aromatic carbocycles. The summed E-state index contributed by atoms with van der Waals surface area (Å²) in [4.78, 5) is 22.9. The van der Waals surface area contributed by atoms with Crippen LogP contribution >= 0.6 is 0 Å². The van der Waals surface area contributed by atoms with Crippen LogP contribution < -0.4 is 15.8 Å². The molecule has 0 aliphatic rings. The molecule has 0 saturated carbocycles. The number of ether oxygens (including phenoxy) is 1. The van der Waals surface area contributed by atoms with Crippen molar-refractivity contribution in [2.75, 3.05) is 14.2 Å². The third kappa shape index (κ3) is 3.48. The lowest BCUT2D eigenvalue weighted by atomic mass is 9.96. The number of benzene rings is 1. The quantitative estimate of drug-likeness (QED) is 0.340. The van der Waals surface area contributed by atoms with Gasteiger partial charge in [-0.25, -0.2) is 9.83 Å². The summed E-state index contributed by atoms with van der Waals surface area (Å²) < 4.78 is 18.8. The molecule has 2 aromatic rings. The second-order valence-corrected chi connectivity index (χ2v) is 4.74. The van der Waals surface area contributed by atoms with Gasteiger partial charge in [0.2, 0.25) is 5.95 Å². The number of hydrogen-bond acceptors (Lipinski definition) is 5. The number of nitrogens with zero attached hydrogens (tertiary/aromatic N) is 3. The van der Waals surface area contributed by atoms with E-state index in [0.29, 0.717) is 0 Å². The highest BCUT2D eigenvalue weighted by molar-refractivity contribution is 6.12. The molecule has 0 fully saturated rings. The average Bonchev–Trinajstić information content (AvgIpc) is 2.60. The zero-order valence-electron chi connectivity index (χ0n) is 13.4. The van der Waals surface area contributed by atoms with E-state index in [1.165, 1.54) is 26.3 Å². The number of aromatic nitrogens is 1. The van der Waals surface area contributed by atoms with Crippen LogP contribution in [-0.2, 0) is 0 Å². The Bertz CT molecular complexity index is 905. The van der Waals surface area contributed by atoms with Gasteiger partial charge >= 0.3 is 0 Å². The van der Waals surface area contributed by atoms with Crippen molar-refractivity contribution in [3.05, 3.63) is 47.3 Å². The molecule has 2 rings (SSSR count). The van der Waals surface area contributed by atoms with Crippen LogP contribution in [0.3, 0.4) is 0 Å². The molecule has 9 heteroatoms. The fourth-order valence-corrected chi connectivity index (χ4v) is 2.19. The van der Waals surface area contributed by atoms with Gasteiger partial charge in [-0.1, -0.05) is 6.07 Å². The number of carbonyl (C=O) groups is 1. The molecule has 0 saturated heterocycles. The Morgan fingerprint density at radius 3 is 2.84 bits per heavy atom. The first-order valence-electron chi connectivity index (χ1n) is 6.89. The first-order valence-corrected chi connectivity index (χ1v) is 6.89. The summed E-state index contributed by atoms with van der Waals surface area (Å²) in [5.74, 6) is -2.11. The van der Waals surface area contributed by atoms with E-state index in [1.807, 2.05) is 0 Å². The number of nitrogens with two attached hydrogens (primary N) is 1. The molecule has 8 nitrogen and oxygen atoms in total. The molecule has 4 N–H and O–H groups in total. The maximum atomic E-state index is 13.7. The van der Waals surface area contributed by atoms with Crippen molar-refractivity contribution in [3.8, 4) is 22.6 Å². The number of amides is 1. The smallest absolute Gasteiger partial charge is 0.261 e. The Morgan fingerprint density at radius 2 is 2.24 bits per heavy atom. The summed E-state index contributed by atoms with van der Waals surface area (Å²) in [7, 11) is 2.70. The van der Waals surface area contributed by atoms with Gasteiger partial charge in [0.25, 0.3) is 5.91 Å². The topological polar surface area (TPSA) is 114 Å². The molecule has 1 amide bonds. The van der Waals surface area contributed by atoms with E-state index in [9.17, 15) is 14.3 Å². The van der Waals surface area contributed by atoms with Gasteiger partial charge in [0.05, 0.1) is 25.4 Å².